The number of hydrogen-bond acceptors (Lipinski definition) is 3. The highest BCUT2D eigenvalue weighted by Crippen LogP contribution is 2.25. The summed E-state index contributed by atoms with van der Waals surface area (Å²) < 4.78 is 2.24. The lowest BCUT2D eigenvalue weighted by molar-refractivity contribution is -0.131. The Kier molecular flexibility index (Phi) is 4.90. The topological polar surface area (TPSA) is 50.2 Å². The zero-order chi connectivity index (χ0) is 17.3. The summed E-state index contributed by atoms with van der Waals surface area (Å²) in [5, 5.41) is 3.29. The monoisotopic (exact) mass is 328 g/mol. The number of imidazole rings is 1. The van der Waals surface area contributed by atoms with E-state index < -0.39 is 0 Å². The van der Waals surface area contributed by atoms with Gasteiger partial charge < -0.3 is 14.8 Å². The van der Waals surface area contributed by atoms with Crippen LogP contribution in [0.1, 0.15) is 43.1 Å². The molecule has 0 radical (unpaired) electrons. The Hall–Kier alpha value is -1.88. The molecule has 1 fully saturated rings. The Morgan fingerprint density at radius 2 is 1.88 bits per heavy atom. The van der Waals surface area contributed by atoms with Crippen molar-refractivity contribution in [1.29, 1.82) is 0 Å². The van der Waals surface area contributed by atoms with E-state index in [1.807, 2.05) is 4.90 Å². The maximum Gasteiger partial charge on any atom is 0.224 e. The van der Waals surface area contributed by atoms with Crippen LogP contribution < -0.4 is 5.32 Å². The van der Waals surface area contributed by atoms with Crippen LogP contribution in [0.2, 0.25) is 0 Å². The van der Waals surface area contributed by atoms with Gasteiger partial charge in [-0.25, -0.2) is 4.98 Å². The highest BCUT2D eigenvalue weighted by atomic mass is 16.2. The number of nitrogens with zero attached hydrogens (tertiary/aromatic N) is 3. The van der Waals surface area contributed by atoms with E-state index in [1.54, 1.807) is 0 Å². The molecule has 0 spiro atoms. The Bertz CT molecular complexity index is 741. The molecule has 0 saturated carbocycles. The van der Waals surface area contributed by atoms with E-state index in [0.29, 0.717) is 18.9 Å². The Labute approximate surface area is 144 Å². The molecule has 130 valence electrons. The van der Waals surface area contributed by atoms with Crippen LogP contribution in [-0.4, -0.2) is 46.5 Å². The molecular weight excluding hydrogens is 300 g/mol. The summed E-state index contributed by atoms with van der Waals surface area (Å²) in [6, 6.07) is 4.37. The Balaban J connectivity index is 1.85. The molecule has 1 amide bonds. The first-order chi connectivity index (χ1) is 11.5. The molecule has 1 N–H and O–H groups in total. The van der Waals surface area contributed by atoms with E-state index in [0.717, 1.165) is 43.0 Å². The largest absolute Gasteiger partial charge is 0.340 e. The molecule has 2 heterocycles. The predicted octanol–water partition coefficient (Wildman–Crippen LogP) is 2.60. The lowest BCUT2D eigenvalue weighted by Gasteiger charge is -2.27. The number of hydrogen-bond donors (Lipinski definition) is 1. The molecule has 1 aromatic carbocycles. The van der Waals surface area contributed by atoms with Gasteiger partial charge in [-0.15, -0.1) is 0 Å². The summed E-state index contributed by atoms with van der Waals surface area (Å²) in [5.74, 6) is 1.66. The number of fused-ring (bicyclic) bond motifs is 1. The quantitative estimate of drug-likeness (QED) is 0.938. The van der Waals surface area contributed by atoms with E-state index >= 15 is 0 Å². The average Bonchev–Trinajstić information content (AvgIpc) is 2.91. The van der Waals surface area contributed by atoms with Gasteiger partial charge in [0.25, 0.3) is 0 Å². The molecule has 1 aliphatic heterocycles. The fourth-order valence-electron chi connectivity index (χ4n) is 3.35. The lowest BCUT2D eigenvalue weighted by Crippen LogP contribution is -2.46. The number of aromatic nitrogens is 2. The standard InChI is InChI=1S/C19H28N4O/c1-13(2)19-21-16-11-14(3)15(4)12-17(16)23(19)8-5-18(24)22-9-6-20-7-10-22/h11-13,20H,5-10H2,1-4H3. The summed E-state index contributed by atoms with van der Waals surface area (Å²) in [5.41, 5.74) is 4.72. The van der Waals surface area contributed by atoms with Crippen LogP contribution in [0.4, 0.5) is 0 Å². The van der Waals surface area contributed by atoms with Crippen molar-refractivity contribution in [1.82, 2.24) is 19.8 Å². The van der Waals surface area contributed by atoms with Crippen molar-refractivity contribution in [3.05, 3.63) is 29.1 Å². The molecule has 0 bridgehead atoms. The minimum absolute atomic E-state index is 0.247. The summed E-state index contributed by atoms with van der Waals surface area (Å²) >= 11 is 0. The number of aryl methyl sites for hydroxylation is 3. The summed E-state index contributed by atoms with van der Waals surface area (Å²) in [4.78, 5) is 19.3. The molecule has 5 nitrogen and oxygen atoms in total. The highest BCUT2D eigenvalue weighted by Gasteiger charge is 2.19. The van der Waals surface area contributed by atoms with Gasteiger partial charge in [-0.2, -0.15) is 0 Å². The third-order valence-corrected chi connectivity index (χ3v) is 4.93. The van der Waals surface area contributed by atoms with Gasteiger partial charge in [0.2, 0.25) is 5.91 Å². The summed E-state index contributed by atoms with van der Waals surface area (Å²) in [6.45, 7) is 12.7. The number of amides is 1. The van der Waals surface area contributed by atoms with Crippen LogP contribution in [0.25, 0.3) is 11.0 Å². The summed E-state index contributed by atoms with van der Waals surface area (Å²) in [6.07, 6.45) is 0.540. The van der Waals surface area contributed by atoms with Crippen molar-refractivity contribution in [3.8, 4) is 0 Å². The second-order valence-corrected chi connectivity index (χ2v) is 7.08. The van der Waals surface area contributed by atoms with Crippen LogP contribution >= 0.6 is 0 Å². The van der Waals surface area contributed by atoms with E-state index in [4.69, 9.17) is 4.98 Å². The number of carbonyl (C=O) groups excluding carboxylic acids is 1. The van der Waals surface area contributed by atoms with Gasteiger partial charge in [0, 0.05) is 45.1 Å². The molecule has 0 atom stereocenters. The van der Waals surface area contributed by atoms with Crippen molar-refractivity contribution in [3.63, 3.8) is 0 Å². The van der Waals surface area contributed by atoms with Crippen molar-refractivity contribution >= 4 is 16.9 Å². The molecule has 24 heavy (non-hydrogen) atoms. The molecule has 0 aliphatic carbocycles. The normalized spacial score (nSPS) is 15.5. The predicted molar refractivity (Wildman–Crippen MR) is 97.4 cm³/mol. The first-order valence-corrected chi connectivity index (χ1v) is 8.93. The van der Waals surface area contributed by atoms with Crippen LogP contribution in [0, 0.1) is 13.8 Å². The van der Waals surface area contributed by atoms with Gasteiger partial charge in [-0.3, -0.25) is 4.79 Å². The van der Waals surface area contributed by atoms with E-state index in [1.165, 1.54) is 11.1 Å². The smallest absolute Gasteiger partial charge is 0.224 e. The third kappa shape index (κ3) is 3.31. The zero-order valence-corrected chi connectivity index (χ0v) is 15.2. The van der Waals surface area contributed by atoms with Crippen molar-refractivity contribution in [2.45, 2.75) is 46.6 Å². The zero-order valence-electron chi connectivity index (χ0n) is 15.2. The highest BCUT2D eigenvalue weighted by molar-refractivity contribution is 5.79. The number of carbonyl (C=O) groups is 1. The molecule has 1 saturated heterocycles. The van der Waals surface area contributed by atoms with Crippen molar-refractivity contribution < 1.29 is 4.79 Å². The van der Waals surface area contributed by atoms with Crippen LogP contribution in [-0.2, 0) is 11.3 Å². The maximum absolute atomic E-state index is 12.5. The minimum Gasteiger partial charge on any atom is -0.340 e. The molecule has 1 aromatic heterocycles. The van der Waals surface area contributed by atoms with Crippen molar-refractivity contribution in [2.75, 3.05) is 26.2 Å². The molecule has 1 aliphatic rings. The number of nitrogens with one attached hydrogen (secondary N) is 1. The van der Waals surface area contributed by atoms with Crippen LogP contribution in [0.15, 0.2) is 12.1 Å². The van der Waals surface area contributed by atoms with Gasteiger partial charge >= 0.3 is 0 Å². The first-order valence-electron chi connectivity index (χ1n) is 8.93. The Morgan fingerprint density at radius 3 is 2.54 bits per heavy atom. The second kappa shape index (κ2) is 6.93. The van der Waals surface area contributed by atoms with Gasteiger partial charge in [-0.05, 0) is 37.1 Å². The SMILES string of the molecule is Cc1cc2nc(C(C)C)n(CCC(=O)N3CCNCC3)c2cc1C. The van der Waals surface area contributed by atoms with Gasteiger partial charge in [0.1, 0.15) is 5.82 Å². The summed E-state index contributed by atoms with van der Waals surface area (Å²) in [7, 11) is 0. The van der Waals surface area contributed by atoms with Crippen molar-refractivity contribution in [2.24, 2.45) is 0 Å². The molecule has 0 unspecified atom stereocenters. The number of piperazine rings is 1. The van der Waals surface area contributed by atoms with E-state index in [-0.39, 0.29) is 5.91 Å². The third-order valence-electron chi connectivity index (χ3n) is 4.93. The van der Waals surface area contributed by atoms with Crippen LogP contribution in [0.3, 0.4) is 0 Å². The number of rotatable bonds is 4. The fourth-order valence-corrected chi connectivity index (χ4v) is 3.35. The first kappa shape index (κ1) is 17.0. The van der Waals surface area contributed by atoms with Crippen LogP contribution in [0.5, 0.6) is 0 Å². The maximum atomic E-state index is 12.5. The van der Waals surface area contributed by atoms with Gasteiger partial charge in [0.15, 0.2) is 0 Å². The molecule has 2 aromatic rings. The second-order valence-electron chi connectivity index (χ2n) is 7.08. The molecule has 3 rings (SSSR count). The lowest BCUT2D eigenvalue weighted by atomic mass is 10.1. The average molecular weight is 328 g/mol. The molecule has 5 heteroatoms. The fraction of sp³-hybridized carbons (Fsp3) is 0.579. The van der Waals surface area contributed by atoms with Gasteiger partial charge in [-0.1, -0.05) is 13.8 Å². The Morgan fingerprint density at radius 1 is 1.21 bits per heavy atom. The van der Waals surface area contributed by atoms with E-state index in [2.05, 4.69) is 49.7 Å². The number of benzene rings is 1. The van der Waals surface area contributed by atoms with Gasteiger partial charge in [0.05, 0.1) is 11.0 Å². The molecular formula is C19H28N4O. The minimum atomic E-state index is 0.247. The van der Waals surface area contributed by atoms with E-state index in [9.17, 15) is 4.79 Å².